The van der Waals surface area contributed by atoms with Crippen LogP contribution in [0.1, 0.15) is 63.8 Å². The van der Waals surface area contributed by atoms with E-state index in [1.165, 1.54) is 16.7 Å². The fourth-order valence-electron chi connectivity index (χ4n) is 3.90. The molecule has 0 aliphatic carbocycles. The van der Waals surface area contributed by atoms with Gasteiger partial charge in [0.2, 0.25) is 0 Å². The van der Waals surface area contributed by atoms with E-state index in [1.54, 1.807) is 0 Å². The highest BCUT2D eigenvalue weighted by atomic mass is 14.7. The van der Waals surface area contributed by atoms with Gasteiger partial charge in [-0.25, -0.2) is 0 Å². The van der Waals surface area contributed by atoms with Crippen molar-refractivity contribution in [3.05, 3.63) is 105 Å². The van der Waals surface area contributed by atoms with Crippen molar-refractivity contribution < 1.29 is 0 Å². The highest BCUT2D eigenvalue weighted by molar-refractivity contribution is 6.03. The Morgan fingerprint density at radius 2 is 1.26 bits per heavy atom. The smallest absolute Gasteiger partial charge is 0.0519 e. The molecule has 0 radical (unpaired) electrons. The second kappa shape index (κ2) is 9.06. The van der Waals surface area contributed by atoms with Crippen molar-refractivity contribution in [3.8, 4) is 0 Å². The Labute approximate surface area is 187 Å². The average molecular weight is 410 g/mol. The minimum absolute atomic E-state index is 0.0247. The van der Waals surface area contributed by atoms with Gasteiger partial charge < -0.3 is 0 Å². The summed E-state index contributed by atoms with van der Waals surface area (Å²) in [5.74, 6) is 0. The van der Waals surface area contributed by atoms with Crippen molar-refractivity contribution >= 4 is 18.5 Å². The maximum absolute atomic E-state index is 5.01. The largest absolute Gasteiger partial charge is 0.260 e. The van der Waals surface area contributed by atoms with Crippen LogP contribution in [0.3, 0.4) is 0 Å². The van der Waals surface area contributed by atoms with Crippen molar-refractivity contribution in [2.45, 2.75) is 58.8 Å². The van der Waals surface area contributed by atoms with Gasteiger partial charge in [0.25, 0.3) is 0 Å². The Morgan fingerprint density at radius 1 is 0.774 bits per heavy atom. The number of benzene rings is 3. The lowest BCUT2D eigenvalue weighted by Crippen LogP contribution is -2.33. The predicted octanol–water partition coefficient (Wildman–Crippen LogP) is 6.16. The third-order valence-corrected chi connectivity index (χ3v) is 5.58. The van der Waals surface area contributed by atoms with Crippen LogP contribution >= 0.6 is 0 Å². The molecule has 0 aliphatic rings. The van der Waals surface area contributed by atoms with E-state index in [2.05, 4.69) is 115 Å². The van der Waals surface area contributed by atoms with Gasteiger partial charge in [-0.05, 0) is 55.7 Å². The zero-order valence-corrected chi connectivity index (χ0v) is 19.9. The number of hydrogen-bond donors (Lipinski definition) is 0. The quantitative estimate of drug-likeness (QED) is 0.458. The second-order valence-electron chi connectivity index (χ2n) is 10.3. The van der Waals surface area contributed by atoms with Gasteiger partial charge in [0.05, 0.1) is 5.71 Å². The maximum atomic E-state index is 5.01. The highest BCUT2D eigenvalue weighted by Crippen LogP contribution is 2.22. The van der Waals surface area contributed by atoms with E-state index in [1.807, 2.05) is 12.3 Å². The molecule has 0 N–H and O–H groups in total. The molecule has 0 spiro atoms. The van der Waals surface area contributed by atoms with E-state index >= 15 is 0 Å². The van der Waals surface area contributed by atoms with Gasteiger partial charge in [0.1, 0.15) is 0 Å². The molecule has 0 saturated heterocycles. The lowest BCUT2D eigenvalue weighted by atomic mass is 9.78. The lowest BCUT2D eigenvalue weighted by molar-refractivity contribution is 0.560. The summed E-state index contributed by atoms with van der Waals surface area (Å²) in [5.41, 5.74) is 6.10. The summed E-state index contributed by atoms with van der Waals surface area (Å²) in [6.07, 6.45) is 2.82. The monoisotopic (exact) mass is 409 g/mol. The zero-order valence-electron chi connectivity index (χ0n) is 19.9. The van der Waals surface area contributed by atoms with Gasteiger partial charge in [0, 0.05) is 12.6 Å². The molecule has 0 aromatic heterocycles. The summed E-state index contributed by atoms with van der Waals surface area (Å²) >= 11 is 0. The minimum atomic E-state index is 0.0247. The maximum Gasteiger partial charge on any atom is 0.0519 e. The van der Waals surface area contributed by atoms with E-state index < -0.39 is 0 Å². The Hall–Kier alpha value is -2.93. The summed E-state index contributed by atoms with van der Waals surface area (Å²) in [6.45, 7) is 18.0. The average Bonchev–Trinajstić information content (AvgIpc) is 2.71. The Kier molecular flexibility index (Phi) is 6.65. The summed E-state index contributed by atoms with van der Waals surface area (Å²) in [4.78, 5) is 5.01. The first-order valence-electron chi connectivity index (χ1n) is 11.1. The van der Waals surface area contributed by atoms with Gasteiger partial charge in [-0.2, -0.15) is 0 Å². The van der Waals surface area contributed by atoms with Crippen molar-refractivity contribution in [1.29, 1.82) is 0 Å². The molecule has 0 unspecified atom stereocenters. The standard InChI is InChI=1S/C30H35N/c1-22-26(29(2,3)4)18-24(19-27(22)30(5,6)7)21-31-28(25-16-12-9-13-17-25)20-23-14-10-8-11-15-23/h8-19,21H,1,20H2,2-7H3/b31-28-. The van der Waals surface area contributed by atoms with Crippen LogP contribution in [0.5, 0.6) is 0 Å². The van der Waals surface area contributed by atoms with Crippen molar-refractivity contribution in [2.24, 2.45) is 4.99 Å². The molecule has 0 heterocycles. The molecule has 0 amide bonds. The molecule has 31 heavy (non-hydrogen) atoms. The molecule has 0 saturated carbocycles. The molecule has 1 nitrogen and oxygen atoms in total. The van der Waals surface area contributed by atoms with E-state index in [4.69, 9.17) is 4.99 Å². The van der Waals surface area contributed by atoms with Crippen LogP contribution in [0.15, 0.2) is 77.8 Å². The number of nitrogens with zero attached hydrogens (tertiary/aromatic N) is 1. The van der Waals surface area contributed by atoms with Crippen LogP contribution in [0.4, 0.5) is 0 Å². The first-order chi connectivity index (χ1) is 14.6. The Bertz CT molecular complexity index is 1110. The summed E-state index contributed by atoms with van der Waals surface area (Å²) < 4.78 is 0. The Balaban J connectivity index is 2.17. The number of aliphatic imine (C=N–C) groups is 1. The van der Waals surface area contributed by atoms with Gasteiger partial charge in [-0.1, -0.05) is 109 Å². The van der Waals surface area contributed by atoms with Crippen molar-refractivity contribution in [1.82, 2.24) is 0 Å². The summed E-state index contributed by atoms with van der Waals surface area (Å²) in [5, 5.41) is 2.28. The molecular formula is C30H35N. The van der Waals surface area contributed by atoms with E-state index in [0.29, 0.717) is 0 Å². The molecule has 0 aliphatic heterocycles. The van der Waals surface area contributed by atoms with Crippen LogP contribution in [-0.2, 0) is 17.3 Å². The van der Waals surface area contributed by atoms with Gasteiger partial charge in [-0.15, -0.1) is 0 Å². The van der Waals surface area contributed by atoms with Gasteiger partial charge in [-0.3, -0.25) is 4.99 Å². The molecule has 0 bridgehead atoms. The topological polar surface area (TPSA) is 12.4 Å². The van der Waals surface area contributed by atoms with Crippen molar-refractivity contribution in [3.63, 3.8) is 0 Å². The zero-order chi connectivity index (χ0) is 22.6. The molecule has 0 atom stereocenters. The second-order valence-corrected chi connectivity index (χ2v) is 10.3. The molecule has 3 rings (SSSR count). The van der Waals surface area contributed by atoms with Gasteiger partial charge >= 0.3 is 0 Å². The van der Waals surface area contributed by atoms with Crippen LogP contribution in [0, 0.1) is 0 Å². The SMILES string of the molecule is C=c1c(C(C)(C)C)cc(=C/N=C(/Cc2ccccc2)c2ccccc2)cc1C(C)(C)C. The van der Waals surface area contributed by atoms with E-state index in [9.17, 15) is 0 Å². The molecule has 1 heteroatoms. The predicted molar refractivity (Wildman–Crippen MR) is 136 cm³/mol. The first-order valence-corrected chi connectivity index (χ1v) is 11.1. The molecule has 3 aromatic rings. The third-order valence-electron chi connectivity index (χ3n) is 5.58. The third kappa shape index (κ3) is 5.82. The minimum Gasteiger partial charge on any atom is -0.260 e. The van der Waals surface area contributed by atoms with Crippen LogP contribution in [0.25, 0.3) is 12.8 Å². The molecule has 3 aromatic carbocycles. The molecular weight excluding hydrogens is 374 g/mol. The van der Waals surface area contributed by atoms with E-state index in [-0.39, 0.29) is 10.8 Å². The summed E-state index contributed by atoms with van der Waals surface area (Å²) in [6, 6.07) is 25.5. The number of hydrogen-bond acceptors (Lipinski definition) is 1. The number of rotatable bonds is 4. The fraction of sp³-hybridized carbons (Fsp3) is 0.300. The van der Waals surface area contributed by atoms with Crippen LogP contribution in [0.2, 0.25) is 0 Å². The van der Waals surface area contributed by atoms with Crippen LogP contribution < -0.4 is 10.4 Å². The van der Waals surface area contributed by atoms with Gasteiger partial charge in [0.15, 0.2) is 0 Å². The van der Waals surface area contributed by atoms with E-state index in [0.717, 1.165) is 28.1 Å². The van der Waals surface area contributed by atoms with Crippen LogP contribution in [-0.4, -0.2) is 5.71 Å². The van der Waals surface area contributed by atoms with Crippen molar-refractivity contribution in [2.75, 3.05) is 0 Å². The normalized spacial score (nSPS) is 12.6. The summed E-state index contributed by atoms with van der Waals surface area (Å²) in [7, 11) is 0. The first kappa shape index (κ1) is 22.7. The highest BCUT2D eigenvalue weighted by Gasteiger charge is 2.21. The Morgan fingerprint density at radius 3 is 1.74 bits per heavy atom. The molecule has 160 valence electrons. The lowest BCUT2D eigenvalue weighted by Gasteiger charge is -2.26. The fourth-order valence-corrected chi connectivity index (χ4v) is 3.90. The molecule has 0 fully saturated rings.